The monoisotopic (exact) mass is 365 g/mol. The van der Waals surface area contributed by atoms with E-state index in [1.807, 2.05) is 13.8 Å². The molecule has 0 aromatic heterocycles. The van der Waals surface area contributed by atoms with Crippen molar-refractivity contribution in [1.29, 1.82) is 5.26 Å². The van der Waals surface area contributed by atoms with E-state index in [2.05, 4.69) is 16.4 Å². The summed E-state index contributed by atoms with van der Waals surface area (Å²) in [5, 5.41) is 12.0. The second-order valence-electron chi connectivity index (χ2n) is 6.75. The van der Waals surface area contributed by atoms with Gasteiger partial charge < -0.3 is 27.4 Å². The molecule has 0 aromatic carbocycles. The van der Waals surface area contributed by atoms with E-state index in [9.17, 15) is 14.9 Å². The zero-order valence-corrected chi connectivity index (χ0v) is 15.6. The van der Waals surface area contributed by atoms with Crippen LogP contribution in [0.5, 0.6) is 0 Å². The lowest BCUT2D eigenvalue weighted by Crippen LogP contribution is -2.55. The maximum Gasteiger partial charge on any atom is 0.246 e. The van der Waals surface area contributed by atoms with Gasteiger partial charge in [-0.25, -0.2) is 0 Å². The lowest BCUT2D eigenvalue weighted by molar-refractivity contribution is -0.138. The molecule has 7 N–H and O–H groups in total. The number of carbonyl (C=O) groups excluding carboxylic acids is 2. The van der Waals surface area contributed by atoms with Crippen molar-refractivity contribution in [3.63, 3.8) is 0 Å². The van der Waals surface area contributed by atoms with Gasteiger partial charge in [-0.2, -0.15) is 5.26 Å². The summed E-state index contributed by atoms with van der Waals surface area (Å²) < 4.78 is 0. The zero-order valence-electron chi connectivity index (χ0n) is 15.6. The summed E-state index contributed by atoms with van der Waals surface area (Å²) in [6, 6.07) is 0.326. The van der Waals surface area contributed by atoms with Crippen LogP contribution in [-0.2, 0) is 9.59 Å². The van der Waals surface area contributed by atoms with Crippen LogP contribution in [0.3, 0.4) is 0 Å². The van der Waals surface area contributed by atoms with Gasteiger partial charge in [0.05, 0.1) is 12.1 Å². The smallest absolute Gasteiger partial charge is 0.246 e. The topological polar surface area (TPSA) is 164 Å². The van der Waals surface area contributed by atoms with E-state index >= 15 is 0 Å². The molecule has 26 heavy (non-hydrogen) atoms. The number of guanidine groups is 1. The summed E-state index contributed by atoms with van der Waals surface area (Å²) in [5.41, 5.74) is 16.4. The van der Waals surface area contributed by atoms with E-state index in [1.165, 1.54) is 0 Å². The maximum atomic E-state index is 12.9. The molecule has 1 rings (SSSR count). The van der Waals surface area contributed by atoms with Crippen LogP contribution in [0.4, 0.5) is 0 Å². The number of carbonyl (C=O) groups is 2. The van der Waals surface area contributed by atoms with E-state index in [4.69, 9.17) is 17.2 Å². The molecule has 1 fully saturated rings. The third-order valence-corrected chi connectivity index (χ3v) is 4.77. The van der Waals surface area contributed by atoms with E-state index < -0.39 is 18.1 Å². The molecule has 1 saturated heterocycles. The highest BCUT2D eigenvalue weighted by Gasteiger charge is 2.36. The van der Waals surface area contributed by atoms with Crippen molar-refractivity contribution < 1.29 is 9.59 Å². The van der Waals surface area contributed by atoms with Crippen molar-refractivity contribution in [1.82, 2.24) is 10.2 Å². The van der Waals surface area contributed by atoms with Gasteiger partial charge in [0.2, 0.25) is 11.8 Å². The standard InChI is InChI=1S/C17H31N7O2/c1-3-11(2)14(16(26)24-9-5-6-12(24)10-18)23-15(25)13(19)7-4-8-22-17(20)21/h11-14H,3-9,19H2,1-2H3,(H,23,25)(H4,20,21,22)/t11?,12-,13?,14?/m0/s1. The largest absolute Gasteiger partial charge is 0.370 e. The summed E-state index contributed by atoms with van der Waals surface area (Å²) in [7, 11) is 0. The van der Waals surface area contributed by atoms with Crippen LogP contribution in [0, 0.1) is 17.2 Å². The van der Waals surface area contributed by atoms with Gasteiger partial charge in [-0.05, 0) is 31.6 Å². The maximum absolute atomic E-state index is 12.9. The summed E-state index contributed by atoms with van der Waals surface area (Å²) in [5.74, 6) is -0.631. The SMILES string of the molecule is CCC(C)C(NC(=O)C(N)CCCN=C(N)N)C(=O)N1CCC[C@H]1C#N. The van der Waals surface area contributed by atoms with Crippen LogP contribution < -0.4 is 22.5 Å². The van der Waals surface area contributed by atoms with Crippen molar-refractivity contribution in [3.05, 3.63) is 0 Å². The highest BCUT2D eigenvalue weighted by atomic mass is 16.2. The zero-order chi connectivity index (χ0) is 19.7. The summed E-state index contributed by atoms with van der Waals surface area (Å²) in [6.45, 7) is 4.81. The average Bonchev–Trinajstić information content (AvgIpc) is 3.10. The molecule has 1 aliphatic heterocycles. The van der Waals surface area contributed by atoms with Crippen molar-refractivity contribution >= 4 is 17.8 Å². The number of nitriles is 1. The average molecular weight is 365 g/mol. The van der Waals surface area contributed by atoms with Gasteiger partial charge in [-0.3, -0.25) is 14.6 Å². The molecule has 0 bridgehead atoms. The summed E-state index contributed by atoms with van der Waals surface area (Å²) >= 11 is 0. The number of amides is 2. The molecular formula is C17H31N7O2. The predicted molar refractivity (Wildman–Crippen MR) is 99.6 cm³/mol. The highest BCUT2D eigenvalue weighted by Crippen LogP contribution is 2.20. The van der Waals surface area contributed by atoms with Gasteiger partial charge in [0.25, 0.3) is 0 Å². The van der Waals surface area contributed by atoms with Crippen molar-refractivity contribution in [2.24, 2.45) is 28.1 Å². The second kappa shape index (κ2) is 10.6. The Bertz CT molecular complexity index is 554. The Labute approximate surface area is 155 Å². The summed E-state index contributed by atoms with van der Waals surface area (Å²) in [6.07, 6.45) is 3.18. The molecule has 0 aromatic rings. The first kappa shape index (κ1) is 21.7. The fourth-order valence-corrected chi connectivity index (χ4v) is 2.94. The first-order valence-electron chi connectivity index (χ1n) is 9.13. The number of nitrogens with two attached hydrogens (primary N) is 3. The first-order valence-corrected chi connectivity index (χ1v) is 9.13. The molecule has 146 valence electrons. The van der Waals surface area contributed by atoms with Crippen molar-refractivity contribution in [2.45, 2.75) is 64.1 Å². The second-order valence-corrected chi connectivity index (χ2v) is 6.75. The molecule has 4 atom stereocenters. The van der Waals surface area contributed by atoms with E-state index in [1.54, 1.807) is 4.90 Å². The van der Waals surface area contributed by atoms with Crippen LogP contribution in [-0.4, -0.2) is 53.9 Å². The van der Waals surface area contributed by atoms with E-state index in [0.29, 0.717) is 32.4 Å². The van der Waals surface area contributed by atoms with Crippen LogP contribution in [0.2, 0.25) is 0 Å². The van der Waals surface area contributed by atoms with Gasteiger partial charge in [0.1, 0.15) is 12.1 Å². The lowest BCUT2D eigenvalue weighted by atomic mass is 9.96. The Balaban J connectivity index is 2.69. The Morgan fingerprint density at radius 2 is 2.12 bits per heavy atom. The molecule has 1 aliphatic rings. The molecule has 1 heterocycles. The minimum atomic E-state index is -0.742. The van der Waals surface area contributed by atoms with Crippen molar-refractivity contribution in [3.8, 4) is 6.07 Å². The third kappa shape index (κ3) is 6.19. The molecule has 9 nitrogen and oxygen atoms in total. The fourth-order valence-electron chi connectivity index (χ4n) is 2.94. The number of hydrogen-bond donors (Lipinski definition) is 4. The quantitative estimate of drug-likeness (QED) is 0.242. The number of likely N-dealkylation sites (tertiary alicyclic amines) is 1. The Morgan fingerprint density at radius 1 is 1.42 bits per heavy atom. The normalized spacial score (nSPS) is 19.9. The highest BCUT2D eigenvalue weighted by molar-refractivity contribution is 5.90. The molecule has 0 spiro atoms. The van der Waals surface area contributed by atoms with Crippen LogP contribution in [0.25, 0.3) is 0 Å². The van der Waals surface area contributed by atoms with E-state index in [-0.39, 0.29) is 23.7 Å². The Kier molecular flexibility index (Phi) is 8.85. The summed E-state index contributed by atoms with van der Waals surface area (Å²) in [4.78, 5) is 30.7. The molecule has 3 unspecified atom stereocenters. The van der Waals surface area contributed by atoms with Gasteiger partial charge in [0, 0.05) is 13.1 Å². The minimum Gasteiger partial charge on any atom is -0.370 e. The van der Waals surface area contributed by atoms with Crippen LogP contribution >= 0.6 is 0 Å². The first-order chi connectivity index (χ1) is 12.3. The minimum absolute atomic E-state index is 0.00288. The van der Waals surface area contributed by atoms with Crippen molar-refractivity contribution in [2.75, 3.05) is 13.1 Å². The predicted octanol–water partition coefficient (Wildman–Crippen LogP) is -0.587. The number of hydrogen-bond acceptors (Lipinski definition) is 5. The number of aliphatic imine (C=N–C) groups is 1. The van der Waals surface area contributed by atoms with Crippen LogP contribution in [0.1, 0.15) is 46.0 Å². The molecular weight excluding hydrogens is 334 g/mol. The Morgan fingerprint density at radius 3 is 2.69 bits per heavy atom. The lowest BCUT2D eigenvalue weighted by Gasteiger charge is -2.30. The molecule has 0 radical (unpaired) electrons. The molecule has 0 aliphatic carbocycles. The molecule has 9 heteroatoms. The number of nitrogens with one attached hydrogen (secondary N) is 1. The fraction of sp³-hybridized carbons (Fsp3) is 0.765. The molecule has 0 saturated carbocycles. The third-order valence-electron chi connectivity index (χ3n) is 4.77. The Hall–Kier alpha value is -2.34. The van der Waals surface area contributed by atoms with Gasteiger partial charge >= 0.3 is 0 Å². The van der Waals surface area contributed by atoms with Gasteiger partial charge in [-0.15, -0.1) is 0 Å². The molecule has 2 amide bonds. The number of rotatable bonds is 9. The van der Waals surface area contributed by atoms with Gasteiger partial charge in [-0.1, -0.05) is 20.3 Å². The van der Waals surface area contributed by atoms with E-state index in [0.717, 1.165) is 12.8 Å². The van der Waals surface area contributed by atoms with Crippen LogP contribution in [0.15, 0.2) is 4.99 Å². The number of nitrogens with zero attached hydrogens (tertiary/aromatic N) is 3. The van der Waals surface area contributed by atoms with Gasteiger partial charge in [0.15, 0.2) is 5.96 Å².